The topological polar surface area (TPSA) is 138 Å². The Morgan fingerprint density at radius 1 is 1.24 bits per heavy atom. The van der Waals surface area contributed by atoms with Crippen molar-refractivity contribution in [1.82, 2.24) is 5.32 Å². The summed E-state index contributed by atoms with van der Waals surface area (Å²) in [6.45, 7) is 5.91. The highest BCUT2D eigenvalue weighted by Gasteiger charge is 2.54. The van der Waals surface area contributed by atoms with E-state index in [-0.39, 0.29) is 12.1 Å². The molecule has 10 heteroatoms. The number of aliphatic carboxylic acids is 1. The molecule has 2 aliphatic rings. The number of hydrogen-bond donors (Lipinski definition) is 5. The van der Waals surface area contributed by atoms with Gasteiger partial charge in [-0.1, -0.05) is 23.7 Å². The third kappa shape index (κ3) is 4.28. The molecule has 0 radical (unpaired) electrons. The van der Waals surface area contributed by atoms with E-state index in [0.717, 1.165) is 0 Å². The zero-order valence-corrected chi connectivity index (χ0v) is 17.0. The number of benzene rings is 1. The van der Waals surface area contributed by atoms with E-state index in [1.807, 2.05) is 13.8 Å². The van der Waals surface area contributed by atoms with Crippen LogP contribution in [0.25, 0.3) is 0 Å². The van der Waals surface area contributed by atoms with Gasteiger partial charge in [0.2, 0.25) is 5.79 Å². The van der Waals surface area contributed by atoms with Gasteiger partial charge in [-0.3, -0.25) is 0 Å². The van der Waals surface area contributed by atoms with Crippen LogP contribution in [0.1, 0.15) is 26.3 Å². The minimum absolute atomic E-state index is 0.222. The molecule has 162 valence electrons. The van der Waals surface area contributed by atoms with Crippen molar-refractivity contribution in [2.45, 2.75) is 68.8 Å². The fraction of sp³-hybridized carbons (Fsp3) is 0.632. The number of carboxylic acids is 1. The summed E-state index contributed by atoms with van der Waals surface area (Å²) in [5.41, 5.74) is 0.139. The van der Waals surface area contributed by atoms with E-state index in [4.69, 9.17) is 25.8 Å². The van der Waals surface area contributed by atoms with Crippen LogP contribution in [0.4, 0.5) is 0 Å². The van der Waals surface area contributed by atoms with Crippen LogP contribution < -0.4 is 5.32 Å². The van der Waals surface area contributed by atoms with E-state index >= 15 is 0 Å². The standard InChI is InChI=1S/C19H26ClNO8/c1-9-19(27-8-18(2,3)21-9,10-5-4-6-11(20)7-10)29-17-14(24)12(22)13(23)15(28-17)16(25)26/h4-7,9,12-15,17,21-24H,8H2,1-3H3,(H,25,26)/t9-,12+,13+,14-,15+,17?,19-/m1/s1. The summed E-state index contributed by atoms with van der Waals surface area (Å²) in [7, 11) is 0. The highest BCUT2D eigenvalue weighted by atomic mass is 35.5. The summed E-state index contributed by atoms with van der Waals surface area (Å²) in [6, 6.07) is 6.25. The summed E-state index contributed by atoms with van der Waals surface area (Å²) in [5.74, 6) is -3.00. The SMILES string of the molecule is C[C@H]1NC(C)(C)CO[C@]1(OC1O[C@H](C(=O)O)[C@@H](O)[C@H](O)[C@H]1O)c1cccc(Cl)c1. The average Bonchev–Trinajstić information content (AvgIpc) is 2.63. The minimum Gasteiger partial charge on any atom is -0.479 e. The minimum atomic E-state index is -1.81. The van der Waals surface area contributed by atoms with E-state index < -0.39 is 48.5 Å². The molecule has 0 amide bonds. The van der Waals surface area contributed by atoms with Gasteiger partial charge in [0.15, 0.2) is 12.4 Å². The van der Waals surface area contributed by atoms with Crippen molar-refractivity contribution in [3.8, 4) is 0 Å². The Balaban J connectivity index is 1.98. The number of nitrogens with one attached hydrogen (secondary N) is 1. The fourth-order valence-corrected chi connectivity index (χ4v) is 3.89. The van der Waals surface area contributed by atoms with Crippen LogP contribution in [0, 0.1) is 0 Å². The molecule has 0 spiro atoms. The third-order valence-electron chi connectivity index (χ3n) is 5.16. The number of carboxylic acid groups (broad SMARTS) is 1. The molecule has 0 saturated carbocycles. The maximum atomic E-state index is 11.4. The summed E-state index contributed by atoms with van der Waals surface area (Å²) in [5, 5.41) is 43.5. The van der Waals surface area contributed by atoms with Crippen LogP contribution in [-0.2, 0) is 24.8 Å². The third-order valence-corrected chi connectivity index (χ3v) is 5.39. The number of halogens is 1. The van der Waals surface area contributed by atoms with E-state index in [1.54, 1.807) is 31.2 Å². The normalized spacial score (nSPS) is 39.8. The van der Waals surface area contributed by atoms with Crippen molar-refractivity contribution in [2.24, 2.45) is 0 Å². The van der Waals surface area contributed by atoms with E-state index in [0.29, 0.717) is 10.6 Å². The molecule has 5 N–H and O–H groups in total. The lowest BCUT2D eigenvalue weighted by Gasteiger charge is -2.51. The van der Waals surface area contributed by atoms with E-state index in [1.165, 1.54) is 0 Å². The number of aliphatic hydroxyl groups is 3. The predicted molar refractivity (Wildman–Crippen MR) is 101 cm³/mol. The molecular weight excluding hydrogens is 406 g/mol. The second-order valence-corrected chi connectivity index (χ2v) is 8.51. The summed E-state index contributed by atoms with van der Waals surface area (Å²) >= 11 is 6.15. The maximum Gasteiger partial charge on any atom is 0.335 e. The molecule has 29 heavy (non-hydrogen) atoms. The number of morpholine rings is 1. The van der Waals surface area contributed by atoms with Crippen LogP contribution in [0.3, 0.4) is 0 Å². The van der Waals surface area contributed by atoms with Crippen LogP contribution in [-0.4, -0.2) is 75.3 Å². The van der Waals surface area contributed by atoms with Crippen molar-refractivity contribution in [3.05, 3.63) is 34.9 Å². The van der Waals surface area contributed by atoms with Gasteiger partial charge in [0.1, 0.15) is 18.3 Å². The van der Waals surface area contributed by atoms with Crippen molar-refractivity contribution >= 4 is 17.6 Å². The molecule has 2 aliphatic heterocycles. The molecule has 2 saturated heterocycles. The Morgan fingerprint density at radius 2 is 1.93 bits per heavy atom. The van der Waals surface area contributed by atoms with Gasteiger partial charge in [-0.25, -0.2) is 4.79 Å². The number of rotatable bonds is 4. The number of ether oxygens (including phenoxy) is 3. The summed E-state index contributed by atoms with van der Waals surface area (Å²) in [4.78, 5) is 11.4. The molecule has 0 aromatic heterocycles. The summed E-state index contributed by atoms with van der Waals surface area (Å²) in [6.07, 6.45) is -8.67. The van der Waals surface area contributed by atoms with Gasteiger partial charge in [-0.15, -0.1) is 0 Å². The van der Waals surface area contributed by atoms with Gasteiger partial charge in [0.25, 0.3) is 0 Å². The van der Waals surface area contributed by atoms with Gasteiger partial charge in [-0.2, -0.15) is 0 Å². The predicted octanol–water partition coefficient (Wildman–Crippen LogP) is 0.189. The molecule has 9 nitrogen and oxygen atoms in total. The lowest BCUT2D eigenvalue weighted by atomic mass is 9.91. The Hall–Kier alpha value is -1.30. The van der Waals surface area contributed by atoms with Crippen molar-refractivity contribution in [2.75, 3.05) is 6.61 Å². The van der Waals surface area contributed by atoms with Crippen LogP contribution in [0.2, 0.25) is 5.02 Å². The van der Waals surface area contributed by atoms with E-state index in [9.17, 15) is 25.2 Å². The highest BCUT2D eigenvalue weighted by molar-refractivity contribution is 6.30. The Labute approximate surface area is 173 Å². The monoisotopic (exact) mass is 431 g/mol. The number of hydrogen-bond acceptors (Lipinski definition) is 8. The molecule has 3 rings (SSSR count). The molecule has 1 aromatic carbocycles. The first-order valence-electron chi connectivity index (χ1n) is 9.25. The number of aliphatic hydroxyl groups excluding tert-OH is 3. The average molecular weight is 432 g/mol. The maximum absolute atomic E-state index is 11.4. The van der Waals surface area contributed by atoms with Gasteiger partial charge in [-0.05, 0) is 32.9 Å². The second-order valence-electron chi connectivity index (χ2n) is 8.07. The van der Waals surface area contributed by atoms with E-state index in [2.05, 4.69) is 5.32 Å². The van der Waals surface area contributed by atoms with Gasteiger partial charge >= 0.3 is 5.97 Å². The highest BCUT2D eigenvalue weighted by Crippen LogP contribution is 2.40. The lowest BCUT2D eigenvalue weighted by Crippen LogP contribution is -2.67. The number of carbonyl (C=O) groups is 1. The first-order chi connectivity index (χ1) is 13.5. The van der Waals surface area contributed by atoms with Gasteiger partial charge in [0, 0.05) is 16.1 Å². The molecule has 0 bridgehead atoms. The molecule has 1 aromatic rings. The van der Waals surface area contributed by atoms with Crippen LogP contribution >= 0.6 is 11.6 Å². The Bertz CT molecular complexity index is 761. The first kappa shape index (κ1) is 22.4. The second kappa shape index (κ2) is 8.09. The zero-order chi connectivity index (χ0) is 21.6. The fourth-order valence-electron chi connectivity index (χ4n) is 3.70. The van der Waals surface area contributed by atoms with Crippen molar-refractivity contribution in [1.29, 1.82) is 0 Å². The molecule has 0 aliphatic carbocycles. The zero-order valence-electron chi connectivity index (χ0n) is 16.3. The first-order valence-corrected chi connectivity index (χ1v) is 9.62. The molecular formula is C19H26ClNO8. The van der Waals surface area contributed by atoms with Gasteiger partial charge < -0.3 is 40.0 Å². The molecule has 1 unspecified atom stereocenters. The lowest BCUT2D eigenvalue weighted by molar-refractivity contribution is -0.388. The Morgan fingerprint density at radius 3 is 2.52 bits per heavy atom. The quantitative estimate of drug-likeness (QED) is 0.452. The molecule has 2 heterocycles. The van der Waals surface area contributed by atoms with Crippen molar-refractivity contribution in [3.63, 3.8) is 0 Å². The van der Waals surface area contributed by atoms with Crippen LogP contribution in [0.15, 0.2) is 24.3 Å². The van der Waals surface area contributed by atoms with Crippen LogP contribution in [0.5, 0.6) is 0 Å². The summed E-state index contributed by atoms with van der Waals surface area (Å²) < 4.78 is 17.4. The molecule has 7 atom stereocenters. The largest absolute Gasteiger partial charge is 0.479 e. The van der Waals surface area contributed by atoms with Gasteiger partial charge in [0.05, 0.1) is 12.6 Å². The Kier molecular flexibility index (Phi) is 6.24. The molecule has 2 fully saturated rings. The smallest absolute Gasteiger partial charge is 0.335 e. The van der Waals surface area contributed by atoms with Crippen molar-refractivity contribution < 1.29 is 39.4 Å².